The fourth-order valence-corrected chi connectivity index (χ4v) is 4.31. The lowest BCUT2D eigenvalue weighted by molar-refractivity contribution is -0.113. The Balaban J connectivity index is 1.83. The van der Waals surface area contributed by atoms with E-state index < -0.39 is 0 Å². The van der Waals surface area contributed by atoms with Gasteiger partial charge in [-0.25, -0.2) is 4.98 Å². The second-order valence-electron chi connectivity index (χ2n) is 7.22. The van der Waals surface area contributed by atoms with Gasteiger partial charge in [-0.15, -0.1) is 0 Å². The van der Waals surface area contributed by atoms with Gasteiger partial charge in [-0.1, -0.05) is 69.3 Å². The van der Waals surface area contributed by atoms with E-state index in [2.05, 4.69) is 43.2 Å². The number of fused-ring (bicyclic) bond motifs is 1. The Labute approximate surface area is 181 Å². The summed E-state index contributed by atoms with van der Waals surface area (Å²) in [5.74, 6) is 0.123. The van der Waals surface area contributed by atoms with Crippen LogP contribution >= 0.6 is 11.8 Å². The van der Waals surface area contributed by atoms with Crippen molar-refractivity contribution in [1.82, 2.24) is 9.55 Å². The van der Waals surface area contributed by atoms with Crippen molar-refractivity contribution in [2.45, 2.75) is 58.2 Å². The summed E-state index contributed by atoms with van der Waals surface area (Å²) in [4.78, 5) is 30.4. The number of unbranched alkanes of at least 4 members (excludes halogenated alkanes) is 1. The zero-order chi connectivity index (χ0) is 21.5. The highest BCUT2D eigenvalue weighted by molar-refractivity contribution is 7.99. The Bertz CT molecular complexity index is 1070. The normalized spacial score (nSPS) is 11.0. The van der Waals surface area contributed by atoms with Crippen LogP contribution in [0.15, 0.2) is 52.4 Å². The van der Waals surface area contributed by atoms with E-state index in [4.69, 9.17) is 0 Å². The average Bonchev–Trinajstić information content (AvgIpc) is 2.77. The average molecular weight is 424 g/mol. The van der Waals surface area contributed by atoms with Crippen LogP contribution in [-0.2, 0) is 24.2 Å². The number of hydrogen-bond donors (Lipinski definition) is 1. The number of aromatic nitrogens is 2. The van der Waals surface area contributed by atoms with Crippen molar-refractivity contribution in [2.75, 3.05) is 11.1 Å². The number of nitrogens with zero attached hydrogens (tertiary/aromatic N) is 2. The van der Waals surface area contributed by atoms with Crippen LogP contribution in [0.2, 0.25) is 0 Å². The minimum atomic E-state index is -0.0833. The fraction of sp³-hybridized carbons (Fsp3) is 0.375. The predicted molar refractivity (Wildman–Crippen MR) is 125 cm³/mol. The van der Waals surface area contributed by atoms with Gasteiger partial charge in [0.15, 0.2) is 5.16 Å². The minimum Gasteiger partial charge on any atom is -0.325 e. The van der Waals surface area contributed by atoms with Crippen LogP contribution < -0.4 is 10.9 Å². The molecule has 6 heteroatoms. The molecular formula is C24H29N3O2S. The summed E-state index contributed by atoms with van der Waals surface area (Å²) in [6.45, 7) is 6.88. The SMILES string of the molecule is CCCCn1c(SCC(=O)Nc2c(CC)cccc2CC)nc2ccccc2c1=O. The van der Waals surface area contributed by atoms with Crippen molar-refractivity contribution in [1.29, 1.82) is 0 Å². The van der Waals surface area contributed by atoms with E-state index in [1.165, 1.54) is 11.8 Å². The Kier molecular flexibility index (Phi) is 7.69. The van der Waals surface area contributed by atoms with E-state index in [0.29, 0.717) is 22.6 Å². The minimum absolute atomic E-state index is 0.0402. The highest BCUT2D eigenvalue weighted by Crippen LogP contribution is 2.24. The number of para-hydroxylation sites is 2. The lowest BCUT2D eigenvalue weighted by Gasteiger charge is -2.15. The molecule has 1 aromatic heterocycles. The molecule has 3 rings (SSSR count). The van der Waals surface area contributed by atoms with Crippen LogP contribution in [0.4, 0.5) is 5.69 Å². The molecule has 3 aromatic rings. The highest BCUT2D eigenvalue weighted by Gasteiger charge is 2.15. The fourth-order valence-electron chi connectivity index (χ4n) is 3.48. The molecule has 0 unspecified atom stereocenters. The number of anilines is 1. The lowest BCUT2D eigenvalue weighted by atomic mass is 10.0. The van der Waals surface area contributed by atoms with Crippen molar-refractivity contribution >= 4 is 34.3 Å². The molecule has 0 fully saturated rings. The maximum absolute atomic E-state index is 13.0. The van der Waals surface area contributed by atoms with Crippen molar-refractivity contribution in [2.24, 2.45) is 0 Å². The van der Waals surface area contributed by atoms with E-state index in [-0.39, 0.29) is 17.2 Å². The number of nitrogens with one attached hydrogen (secondary N) is 1. The third-order valence-corrected chi connectivity index (χ3v) is 6.13. The molecule has 0 saturated heterocycles. The number of rotatable bonds is 9. The first kappa shape index (κ1) is 22.1. The van der Waals surface area contributed by atoms with Gasteiger partial charge in [0.2, 0.25) is 5.91 Å². The Morgan fingerprint density at radius 2 is 1.73 bits per heavy atom. The van der Waals surface area contributed by atoms with E-state index in [1.54, 1.807) is 4.57 Å². The quantitative estimate of drug-likeness (QED) is 0.386. The summed E-state index contributed by atoms with van der Waals surface area (Å²) >= 11 is 1.32. The Morgan fingerprint density at radius 3 is 2.40 bits per heavy atom. The molecule has 1 amide bonds. The van der Waals surface area contributed by atoms with Crippen molar-refractivity contribution in [3.05, 3.63) is 63.9 Å². The Hall–Kier alpha value is -2.60. The van der Waals surface area contributed by atoms with Gasteiger partial charge in [-0.2, -0.15) is 0 Å². The number of carbonyl (C=O) groups is 1. The summed E-state index contributed by atoms with van der Waals surface area (Å²) in [5.41, 5.74) is 3.82. The van der Waals surface area contributed by atoms with Gasteiger partial charge in [0.1, 0.15) is 0 Å². The molecule has 1 N–H and O–H groups in total. The van der Waals surface area contributed by atoms with Gasteiger partial charge in [0.05, 0.1) is 16.7 Å². The van der Waals surface area contributed by atoms with Crippen LogP contribution in [0.25, 0.3) is 10.9 Å². The molecule has 0 radical (unpaired) electrons. The molecule has 0 aliphatic carbocycles. The third-order valence-electron chi connectivity index (χ3n) is 5.16. The first-order chi connectivity index (χ1) is 14.6. The molecule has 0 saturated carbocycles. The van der Waals surface area contributed by atoms with Crippen molar-refractivity contribution in [3.8, 4) is 0 Å². The van der Waals surface area contributed by atoms with Gasteiger partial charge in [-0.3, -0.25) is 14.2 Å². The molecule has 5 nitrogen and oxygen atoms in total. The molecule has 0 aliphatic rings. The second-order valence-corrected chi connectivity index (χ2v) is 8.16. The van der Waals surface area contributed by atoms with Crippen LogP contribution in [0.5, 0.6) is 0 Å². The van der Waals surface area contributed by atoms with Gasteiger partial charge in [0, 0.05) is 12.2 Å². The monoisotopic (exact) mass is 423 g/mol. The molecule has 30 heavy (non-hydrogen) atoms. The topological polar surface area (TPSA) is 64.0 Å². The zero-order valence-corrected chi connectivity index (χ0v) is 18.7. The summed E-state index contributed by atoms with van der Waals surface area (Å²) in [6.07, 6.45) is 3.60. The maximum Gasteiger partial charge on any atom is 0.262 e. The first-order valence-electron chi connectivity index (χ1n) is 10.6. The smallest absolute Gasteiger partial charge is 0.262 e. The Morgan fingerprint density at radius 1 is 1.03 bits per heavy atom. The highest BCUT2D eigenvalue weighted by atomic mass is 32.2. The third kappa shape index (κ3) is 4.93. The standard InChI is InChI=1S/C24H29N3O2S/c1-4-7-15-27-23(29)19-13-8-9-14-20(19)25-24(27)30-16-21(28)26-22-17(5-2)11-10-12-18(22)6-3/h8-14H,4-7,15-16H2,1-3H3,(H,26,28). The number of aryl methyl sites for hydroxylation is 2. The lowest BCUT2D eigenvalue weighted by Crippen LogP contribution is -2.24. The van der Waals surface area contributed by atoms with Gasteiger partial charge in [0.25, 0.3) is 5.56 Å². The van der Waals surface area contributed by atoms with E-state index in [0.717, 1.165) is 42.5 Å². The number of amides is 1. The van der Waals surface area contributed by atoms with Gasteiger partial charge in [-0.05, 0) is 42.5 Å². The zero-order valence-electron chi connectivity index (χ0n) is 17.9. The largest absolute Gasteiger partial charge is 0.325 e. The first-order valence-corrected chi connectivity index (χ1v) is 11.6. The van der Waals surface area contributed by atoms with Crippen LogP contribution in [0, 0.1) is 0 Å². The van der Waals surface area contributed by atoms with Gasteiger partial charge >= 0.3 is 0 Å². The van der Waals surface area contributed by atoms with E-state index in [9.17, 15) is 9.59 Å². The summed E-state index contributed by atoms with van der Waals surface area (Å²) < 4.78 is 1.71. The molecule has 158 valence electrons. The van der Waals surface area contributed by atoms with Gasteiger partial charge < -0.3 is 5.32 Å². The second kappa shape index (κ2) is 10.4. The molecule has 1 heterocycles. The van der Waals surface area contributed by atoms with Crippen molar-refractivity contribution in [3.63, 3.8) is 0 Å². The van der Waals surface area contributed by atoms with E-state index >= 15 is 0 Å². The molecule has 2 aromatic carbocycles. The molecular weight excluding hydrogens is 394 g/mol. The summed E-state index contributed by atoms with van der Waals surface area (Å²) in [5, 5.41) is 4.31. The number of hydrogen-bond acceptors (Lipinski definition) is 4. The molecule has 0 spiro atoms. The molecule has 0 bridgehead atoms. The number of benzene rings is 2. The summed E-state index contributed by atoms with van der Waals surface area (Å²) in [7, 11) is 0. The van der Waals surface area contributed by atoms with Crippen LogP contribution in [-0.4, -0.2) is 21.2 Å². The summed E-state index contributed by atoms with van der Waals surface area (Å²) in [6, 6.07) is 13.5. The predicted octanol–water partition coefficient (Wildman–Crippen LogP) is 5.05. The molecule has 0 aliphatic heterocycles. The molecule has 0 atom stereocenters. The van der Waals surface area contributed by atoms with Crippen LogP contribution in [0.1, 0.15) is 44.7 Å². The van der Waals surface area contributed by atoms with E-state index in [1.807, 2.05) is 30.3 Å². The van der Waals surface area contributed by atoms with Crippen LogP contribution in [0.3, 0.4) is 0 Å². The maximum atomic E-state index is 13.0. The number of thioether (sulfide) groups is 1. The van der Waals surface area contributed by atoms with Crippen molar-refractivity contribution < 1.29 is 4.79 Å². The number of carbonyl (C=O) groups excluding carboxylic acids is 1.